The molecule has 1 saturated carbocycles. The third kappa shape index (κ3) is 7.99. The number of nitrogens with two attached hydrogens (primary N) is 4. The van der Waals surface area contributed by atoms with Crippen LogP contribution in [0.25, 0.3) is 0 Å². The topological polar surface area (TPSA) is 318 Å². The Morgan fingerprint density at radius 1 is 0.976 bits per heavy atom. The first kappa shape index (κ1) is 34.2. The van der Waals surface area contributed by atoms with E-state index in [4.69, 9.17) is 42.3 Å². The van der Waals surface area contributed by atoms with Gasteiger partial charge >= 0.3 is 6.03 Å². The van der Waals surface area contributed by atoms with Gasteiger partial charge in [-0.15, -0.1) is 0 Å². The number of amides is 2. The summed E-state index contributed by atoms with van der Waals surface area (Å²) >= 11 is 0. The molecule has 0 spiro atoms. The van der Waals surface area contributed by atoms with Crippen LogP contribution in [-0.2, 0) is 14.2 Å². The number of carbonyl (C=O) groups is 1. The summed E-state index contributed by atoms with van der Waals surface area (Å²) in [6.45, 7) is -0.503. The minimum Gasteiger partial charge on any atom is -0.395 e. The zero-order valence-corrected chi connectivity index (χ0v) is 22.8. The largest absolute Gasteiger partial charge is 0.395 e. The number of hydrogen-bond donors (Lipinski definition) is 13. The maximum Gasteiger partial charge on any atom is 0.341 e. The molecule has 0 aromatic heterocycles. The van der Waals surface area contributed by atoms with Crippen LogP contribution in [0.3, 0.4) is 0 Å². The van der Waals surface area contributed by atoms with Gasteiger partial charge in [-0.1, -0.05) is 0 Å². The molecule has 3 rings (SSSR count). The Morgan fingerprint density at radius 2 is 1.68 bits per heavy atom. The zero-order chi connectivity index (χ0) is 30.4. The third-order valence-corrected chi connectivity index (χ3v) is 7.97. The molecule has 3 fully saturated rings. The fraction of sp³-hybridized carbons (Fsp3) is 0.957. The number of ether oxygens (including phenoxy) is 3. The van der Waals surface area contributed by atoms with E-state index in [1.165, 1.54) is 0 Å². The number of nitrogens with one attached hydrogen (secondary N) is 2. The van der Waals surface area contributed by atoms with Gasteiger partial charge in [0, 0.05) is 37.6 Å². The number of hydroxylamine groups is 2. The Labute approximate surface area is 237 Å². The molecule has 0 aromatic rings. The fourth-order valence-corrected chi connectivity index (χ4v) is 5.73. The summed E-state index contributed by atoms with van der Waals surface area (Å²) in [5.74, 6) is -0.890. The molecule has 18 nitrogen and oxygen atoms in total. The van der Waals surface area contributed by atoms with E-state index in [1.54, 1.807) is 0 Å². The molecular weight excluding hydrogens is 550 g/mol. The normalized spacial score (nSPS) is 43.5. The predicted molar refractivity (Wildman–Crippen MR) is 140 cm³/mol. The number of aliphatic hydroxyl groups excluding tert-OH is 6. The second-order valence-electron chi connectivity index (χ2n) is 10.9. The molecule has 1 unspecified atom stereocenters. The lowest BCUT2D eigenvalue weighted by Gasteiger charge is -2.51. The van der Waals surface area contributed by atoms with E-state index < -0.39 is 97.8 Å². The van der Waals surface area contributed by atoms with Crippen molar-refractivity contribution in [1.82, 2.24) is 15.7 Å². The van der Waals surface area contributed by atoms with Gasteiger partial charge in [0.15, 0.2) is 6.29 Å². The molecule has 0 aromatic carbocycles. The maximum absolute atomic E-state index is 12.6. The van der Waals surface area contributed by atoms with Crippen molar-refractivity contribution in [1.29, 1.82) is 0 Å². The lowest BCUT2D eigenvalue weighted by atomic mass is 9.72. The van der Waals surface area contributed by atoms with Crippen molar-refractivity contribution in [2.75, 3.05) is 39.4 Å². The van der Waals surface area contributed by atoms with Crippen molar-refractivity contribution in [2.45, 2.75) is 92.1 Å². The Hall–Kier alpha value is -1.33. The number of urea groups is 1. The number of rotatable bonds is 11. The van der Waals surface area contributed by atoms with Gasteiger partial charge in [-0.25, -0.2) is 9.86 Å². The summed E-state index contributed by atoms with van der Waals surface area (Å²) in [6, 6.07) is -4.80. The monoisotopic (exact) mass is 597 g/mol. The Kier molecular flexibility index (Phi) is 12.8. The van der Waals surface area contributed by atoms with Gasteiger partial charge in [-0.3, -0.25) is 5.21 Å². The highest BCUT2D eigenvalue weighted by molar-refractivity contribution is 5.73. The van der Waals surface area contributed by atoms with Gasteiger partial charge in [0.05, 0.1) is 56.3 Å². The zero-order valence-electron chi connectivity index (χ0n) is 22.8. The molecule has 41 heavy (non-hydrogen) atoms. The first-order valence-electron chi connectivity index (χ1n) is 13.8. The minimum atomic E-state index is -1.58. The summed E-state index contributed by atoms with van der Waals surface area (Å²) in [6.07, 6.45) is -10.9. The van der Waals surface area contributed by atoms with E-state index in [0.29, 0.717) is 5.06 Å². The molecule has 2 saturated heterocycles. The van der Waals surface area contributed by atoms with Crippen molar-refractivity contribution in [2.24, 2.45) is 28.9 Å². The molecule has 18 heteroatoms. The van der Waals surface area contributed by atoms with Gasteiger partial charge in [0.25, 0.3) is 0 Å². The van der Waals surface area contributed by atoms with E-state index in [1.807, 2.05) is 0 Å². The van der Waals surface area contributed by atoms with Gasteiger partial charge in [0.1, 0.15) is 24.4 Å². The van der Waals surface area contributed by atoms with Crippen LogP contribution < -0.4 is 33.6 Å². The molecule has 240 valence electrons. The van der Waals surface area contributed by atoms with Gasteiger partial charge in [-0.05, 0) is 12.8 Å². The minimum absolute atomic E-state index is 0.00190. The van der Waals surface area contributed by atoms with Crippen LogP contribution in [0, 0.1) is 5.92 Å². The van der Waals surface area contributed by atoms with E-state index in [2.05, 4.69) is 10.6 Å². The molecule has 0 bridgehead atoms. The van der Waals surface area contributed by atoms with Crippen molar-refractivity contribution in [3.8, 4) is 0 Å². The van der Waals surface area contributed by atoms with Gasteiger partial charge in [0.2, 0.25) is 0 Å². The average Bonchev–Trinajstić information content (AvgIpc) is 2.92. The number of carbonyl (C=O) groups excluding carboxylic acids is 1. The Bertz CT molecular complexity index is 820. The highest BCUT2D eigenvalue weighted by atomic mass is 16.7. The lowest BCUT2D eigenvalue weighted by molar-refractivity contribution is -0.306. The van der Waals surface area contributed by atoms with E-state index in [0.717, 1.165) is 0 Å². The van der Waals surface area contributed by atoms with Crippen LogP contribution >= 0.6 is 0 Å². The fourth-order valence-electron chi connectivity index (χ4n) is 5.73. The van der Waals surface area contributed by atoms with Crippen LogP contribution in [0.1, 0.15) is 12.8 Å². The van der Waals surface area contributed by atoms with Crippen LogP contribution in [0.15, 0.2) is 0 Å². The van der Waals surface area contributed by atoms with Crippen molar-refractivity contribution < 1.29 is 54.9 Å². The quantitative estimate of drug-likeness (QED) is 0.0597. The summed E-state index contributed by atoms with van der Waals surface area (Å²) in [4.78, 5) is 12.6. The van der Waals surface area contributed by atoms with Crippen molar-refractivity contribution in [3.05, 3.63) is 0 Å². The Morgan fingerprint density at radius 3 is 2.32 bits per heavy atom. The lowest BCUT2D eigenvalue weighted by Crippen LogP contribution is -2.70. The van der Waals surface area contributed by atoms with E-state index in [-0.39, 0.29) is 45.6 Å². The van der Waals surface area contributed by atoms with Crippen LogP contribution in [-0.4, -0.2) is 166 Å². The standard InChI is InChI=1S/C23H47N7O11/c24-1-3-30(38)23(37)29-11-5-9(25)15(20-10(26)6-12(33)13(39-20)7-28-2-4-31)18(35)21(11)41-22-19(36)16(27)17(34)14(8-32)40-22/h9-22,28,31-36,38H,1-8,24-27H2,(H,29,37)/t9-,10+,11+,12-,13+,14+,15?,16-,17+,18-,19+,20-,21-,22+/m0/s1. The van der Waals surface area contributed by atoms with Crippen LogP contribution in [0.4, 0.5) is 4.79 Å². The predicted octanol–water partition coefficient (Wildman–Crippen LogP) is -7.00. The molecule has 2 aliphatic heterocycles. The van der Waals surface area contributed by atoms with Crippen molar-refractivity contribution in [3.63, 3.8) is 0 Å². The van der Waals surface area contributed by atoms with Crippen molar-refractivity contribution >= 4 is 6.03 Å². The summed E-state index contributed by atoms with van der Waals surface area (Å²) in [7, 11) is 0. The molecule has 17 N–H and O–H groups in total. The molecule has 2 heterocycles. The molecule has 14 atom stereocenters. The maximum atomic E-state index is 12.6. The summed E-state index contributed by atoms with van der Waals surface area (Å²) < 4.78 is 17.6. The highest BCUT2D eigenvalue weighted by Gasteiger charge is 2.53. The molecule has 3 aliphatic rings. The summed E-state index contributed by atoms with van der Waals surface area (Å²) in [5, 5.41) is 77.5. The van der Waals surface area contributed by atoms with Gasteiger partial charge in [-0.2, -0.15) is 0 Å². The van der Waals surface area contributed by atoms with E-state index >= 15 is 0 Å². The number of hydrogen-bond acceptors (Lipinski definition) is 16. The SMILES string of the molecule is NCCN(O)C(=O)N[C@@H]1C[C@H](N)C([C@H]2O[C@H](CNCCO)[C@@H](O)C[C@H]2N)[C@H](O)[C@H]1O[C@H]1O[C@H](CO)[C@@H](O)[C@H](N)[C@H]1O. The first-order chi connectivity index (χ1) is 19.4. The van der Waals surface area contributed by atoms with Crippen LogP contribution in [0.5, 0.6) is 0 Å². The van der Waals surface area contributed by atoms with Crippen LogP contribution in [0.2, 0.25) is 0 Å². The highest BCUT2D eigenvalue weighted by Crippen LogP contribution is 2.36. The Balaban J connectivity index is 1.87. The number of aliphatic hydroxyl groups is 6. The molecular formula is C23H47N7O11. The second-order valence-corrected chi connectivity index (χ2v) is 10.9. The smallest absolute Gasteiger partial charge is 0.341 e. The van der Waals surface area contributed by atoms with E-state index in [9.17, 15) is 35.5 Å². The molecule has 0 radical (unpaired) electrons. The molecule has 1 aliphatic carbocycles. The molecule has 2 amide bonds. The summed E-state index contributed by atoms with van der Waals surface area (Å²) in [5.41, 5.74) is 24.2. The average molecular weight is 598 g/mol. The van der Waals surface area contributed by atoms with Gasteiger partial charge < -0.3 is 78.4 Å². The first-order valence-corrected chi connectivity index (χ1v) is 13.8. The number of nitrogens with zero attached hydrogens (tertiary/aromatic N) is 1. The second kappa shape index (κ2) is 15.4. The third-order valence-electron chi connectivity index (χ3n) is 7.97.